The smallest absolute Gasteiger partial charge is 0.306 e. The van der Waals surface area contributed by atoms with E-state index in [1.807, 2.05) is 6.92 Å². The highest BCUT2D eigenvalue weighted by molar-refractivity contribution is 6.32. The highest BCUT2D eigenvalue weighted by Gasteiger charge is 2.35. The number of nitrogens with zero attached hydrogens (tertiary/aromatic N) is 1. The molecule has 0 unspecified atom stereocenters. The number of nitro groups is 1. The normalized spacial score (nSPS) is 17.4. The predicted octanol–water partition coefficient (Wildman–Crippen LogP) is 3.71. The van der Waals surface area contributed by atoms with Crippen LogP contribution in [0.15, 0.2) is 12.1 Å². The van der Waals surface area contributed by atoms with Crippen LogP contribution in [0.1, 0.15) is 26.2 Å². The summed E-state index contributed by atoms with van der Waals surface area (Å²) >= 11 is 5.73. The summed E-state index contributed by atoms with van der Waals surface area (Å²) < 4.78 is 19.1. The zero-order valence-corrected chi connectivity index (χ0v) is 9.96. The maximum atomic E-state index is 13.6. The molecule has 0 heterocycles. The lowest BCUT2D eigenvalue weighted by Crippen LogP contribution is -2.39. The van der Waals surface area contributed by atoms with Gasteiger partial charge in [0.2, 0.25) is 5.82 Å². The van der Waals surface area contributed by atoms with Gasteiger partial charge in [-0.3, -0.25) is 10.1 Å². The Morgan fingerprint density at radius 2 is 2.18 bits per heavy atom. The van der Waals surface area contributed by atoms with Gasteiger partial charge < -0.3 is 4.74 Å². The minimum absolute atomic E-state index is 0.164. The highest BCUT2D eigenvalue weighted by atomic mass is 35.5. The van der Waals surface area contributed by atoms with Crippen LogP contribution < -0.4 is 4.74 Å². The van der Waals surface area contributed by atoms with Gasteiger partial charge in [-0.15, -0.1) is 0 Å². The summed E-state index contributed by atoms with van der Waals surface area (Å²) in [6.45, 7) is 1.91. The number of hydrogen-bond acceptors (Lipinski definition) is 3. The van der Waals surface area contributed by atoms with Crippen LogP contribution in [-0.4, -0.2) is 10.5 Å². The molecule has 1 fully saturated rings. The van der Waals surface area contributed by atoms with Gasteiger partial charge in [0.05, 0.1) is 4.92 Å². The maximum absolute atomic E-state index is 13.6. The lowest BCUT2D eigenvalue weighted by molar-refractivity contribution is -0.387. The first-order chi connectivity index (χ1) is 7.93. The van der Waals surface area contributed by atoms with Gasteiger partial charge in [-0.05, 0) is 32.3 Å². The molecule has 1 aromatic carbocycles. The lowest BCUT2D eigenvalue weighted by atomic mass is 9.82. The van der Waals surface area contributed by atoms with Crippen LogP contribution in [0, 0.1) is 15.9 Å². The molecule has 0 saturated heterocycles. The number of benzene rings is 1. The van der Waals surface area contributed by atoms with E-state index in [1.165, 1.54) is 6.07 Å². The first kappa shape index (κ1) is 12.1. The maximum Gasteiger partial charge on any atom is 0.306 e. The van der Waals surface area contributed by atoms with Crippen molar-refractivity contribution >= 4 is 17.3 Å². The minimum atomic E-state index is -1.04. The van der Waals surface area contributed by atoms with E-state index in [0.717, 1.165) is 25.3 Å². The minimum Gasteiger partial charge on any atom is -0.486 e. The molecule has 0 bridgehead atoms. The van der Waals surface area contributed by atoms with E-state index in [2.05, 4.69) is 0 Å². The second kappa shape index (κ2) is 4.14. The first-order valence-electron chi connectivity index (χ1n) is 5.24. The van der Waals surface area contributed by atoms with E-state index in [4.69, 9.17) is 16.3 Å². The van der Waals surface area contributed by atoms with Crippen molar-refractivity contribution in [3.63, 3.8) is 0 Å². The van der Waals surface area contributed by atoms with Crippen molar-refractivity contribution < 1.29 is 14.1 Å². The standard InChI is InChI=1S/C11H11ClFNO3/c1-11(5-2-6-11)17-8-4-3-7(14(15)16)10(13)9(8)12/h3-4H,2,5-6H2,1H3. The molecule has 2 rings (SSSR count). The van der Waals surface area contributed by atoms with Crippen molar-refractivity contribution in [1.82, 2.24) is 0 Å². The number of rotatable bonds is 3. The average Bonchev–Trinajstić information content (AvgIpc) is 2.22. The van der Waals surface area contributed by atoms with Crippen LogP contribution in [0.25, 0.3) is 0 Å². The summed E-state index contributed by atoms with van der Waals surface area (Å²) in [5.74, 6) is -0.881. The molecule has 0 radical (unpaired) electrons. The molecule has 92 valence electrons. The third-order valence-electron chi connectivity index (χ3n) is 2.99. The number of ether oxygens (including phenoxy) is 1. The molecule has 1 aliphatic carbocycles. The Balaban J connectivity index is 2.30. The van der Waals surface area contributed by atoms with Gasteiger partial charge in [-0.25, -0.2) is 0 Å². The van der Waals surface area contributed by atoms with Crippen LogP contribution in [0.2, 0.25) is 5.02 Å². The van der Waals surface area contributed by atoms with Gasteiger partial charge >= 0.3 is 5.69 Å². The van der Waals surface area contributed by atoms with E-state index in [-0.39, 0.29) is 16.4 Å². The summed E-state index contributed by atoms with van der Waals surface area (Å²) in [4.78, 5) is 9.69. The van der Waals surface area contributed by atoms with Crippen LogP contribution in [0.3, 0.4) is 0 Å². The van der Waals surface area contributed by atoms with Crippen LogP contribution in [0.5, 0.6) is 5.75 Å². The lowest BCUT2D eigenvalue weighted by Gasteiger charge is -2.38. The van der Waals surface area contributed by atoms with Crippen LogP contribution >= 0.6 is 11.6 Å². The molecule has 0 N–H and O–H groups in total. The Morgan fingerprint density at radius 3 is 2.65 bits per heavy atom. The van der Waals surface area contributed by atoms with Gasteiger partial charge in [0.1, 0.15) is 16.4 Å². The summed E-state index contributed by atoms with van der Waals surface area (Å²) in [6.07, 6.45) is 2.81. The molecule has 0 spiro atoms. The van der Waals surface area contributed by atoms with Gasteiger partial charge in [-0.1, -0.05) is 11.6 Å². The Labute approximate surface area is 102 Å². The zero-order chi connectivity index (χ0) is 12.6. The Kier molecular flexibility index (Phi) is 2.95. The molecule has 1 aromatic rings. The summed E-state index contributed by atoms with van der Waals surface area (Å²) in [5, 5.41) is 10.2. The average molecular weight is 260 g/mol. The Morgan fingerprint density at radius 1 is 1.53 bits per heavy atom. The topological polar surface area (TPSA) is 52.4 Å². The third kappa shape index (κ3) is 2.20. The van der Waals surface area contributed by atoms with Crippen LogP contribution in [0.4, 0.5) is 10.1 Å². The van der Waals surface area contributed by atoms with Crippen molar-refractivity contribution in [2.24, 2.45) is 0 Å². The summed E-state index contributed by atoms with van der Waals surface area (Å²) in [5.41, 5.74) is -0.965. The molecule has 1 aliphatic rings. The molecular formula is C11H11ClFNO3. The van der Waals surface area contributed by atoms with Gasteiger partial charge in [-0.2, -0.15) is 4.39 Å². The third-order valence-corrected chi connectivity index (χ3v) is 3.34. The quantitative estimate of drug-likeness (QED) is 0.614. The molecular weight excluding hydrogens is 249 g/mol. The highest BCUT2D eigenvalue weighted by Crippen LogP contribution is 2.40. The van der Waals surface area contributed by atoms with Crippen LogP contribution in [-0.2, 0) is 0 Å². The van der Waals surface area contributed by atoms with Gasteiger partial charge in [0.25, 0.3) is 0 Å². The largest absolute Gasteiger partial charge is 0.486 e. The monoisotopic (exact) mass is 259 g/mol. The summed E-state index contributed by atoms with van der Waals surface area (Å²) in [6, 6.07) is 2.41. The predicted molar refractivity (Wildman–Crippen MR) is 60.9 cm³/mol. The van der Waals surface area contributed by atoms with E-state index in [0.29, 0.717) is 0 Å². The second-order valence-electron chi connectivity index (χ2n) is 4.37. The SMILES string of the molecule is CC1(Oc2ccc([N+](=O)[O-])c(F)c2Cl)CCC1. The van der Waals surface area contributed by atoms with E-state index in [1.54, 1.807) is 0 Å². The molecule has 0 aliphatic heterocycles. The molecule has 17 heavy (non-hydrogen) atoms. The first-order valence-corrected chi connectivity index (χ1v) is 5.62. The zero-order valence-electron chi connectivity index (χ0n) is 9.20. The van der Waals surface area contributed by atoms with Gasteiger partial charge in [0.15, 0.2) is 0 Å². The van der Waals surface area contributed by atoms with E-state index >= 15 is 0 Å². The number of nitro benzene ring substituents is 1. The van der Waals surface area contributed by atoms with E-state index in [9.17, 15) is 14.5 Å². The Hall–Kier alpha value is -1.36. The van der Waals surface area contributed by atoms with Crippen molar-refractivity contribution in [3.8, 4) is 5.75 Å². The van der Waals surface area contributed by atoms with Crippen molar-refractivity contribution in [3.05, 3.63) is 33.1 Å². The fourth-order valence-corrected chi connectivity index (χ4v) is 1.98. The number of halogens is 2. The van der Waals surface area contributed by atoms with E-state index < -0.39 is 16.4 Å². The number of hydrogen-bond donors (Lipinski definition) is 0. The molecule has 0 aromatic heterocycles. The molecule has 6 heteroatoms. The summed E-state index contributed by atoms with van der Waals surface area (Å²) in [7, 11) is 0. The fourth-order valence-electron chi connectivity index (χ4n) is 1.78. The molecule has 1 saturated carbocycles. The molecule has 0 amide bonds. The molecule has 4 nitrogen and oxygen atoms in total. The molecule has 0 atom stereocenters. The fraction of sp³-hybridized carbons (Fsp3) is 0.455. The van der Waals surface area contributed by atoms with Gasteiger partial charge in [0, 0.05) is 6.07 Å². The van der Waals surface area contributed by atoms with Crippen molar-refractivity contribution in [2.75, 3.05) is 0 Å². The second-order valence-corrected chi connectivity index (χ2v) is 4.75. The Bertz CT molecular complexity index is 474. The van der Waals surface area contributed by atoms with Crippen molar-refractivity contribution in [1.29, 1.82) is 0 Å². The van der Waals surface area contributed by atoms with Crippen molar-refractivity contribution in [2.45, 2.75) is 31.8 Å².